The van der Waals surface area contributed by atoms with E-state index in [2.05, 4.69) is 79.7 Å². The fourth-order valence-electron chi connectivity index (χ4n) is 6.92. The van der Waals surface area contributed by atoms with Gasteiger partial charge in [0.15, 0.2) is 0 Å². The number of carboxylic acids is 1. The van der Waals surface area contributed by atoms with Crippen LogP contribution in [0.3, 0.4) is 0 Å². The van der Waals surface area contributed by atoms with Crippen molar-refractivity contribution in [1.82, 2.24) is 19.9 Å². The maximum atomic E-state index is 9.00. The van der Waals surface area contributed by atoms with Gasteiger partial charge in [-0.15, -0.1) is 22.1 Å². The number of carboxylic acid groups (broad SMARTS) is 1. The summed E-state index contributed by atoms with van der Waals surface area (Å²) in [5.74, 6) is -0.833. The maximum absolute atomic E-state index is 9.00. The molecular formula is C38H48FeN4O2. The Balaban J connectivity index is 0.00000104. The number of aliphatic carboxylic acids is 1. The largest absolute Gasteiger partial charge is 2.00 e. The molecule has 0 fully saturated rings. The molecule has 5 heterocycles. The van der Waals surface area contributed by atoms with Crippen LogP contribution in [-0.2, 0) is 47.5 Å². The quantitative estimate of drug-likeness (QED) is 0.245. The van der Waals surface area contributed by atoms with Crippen LogP contribution in [0, 0.1) is 0 Å². The van der Waals surface area contributed by atoms with E-state index in [0.29, 0.717) is 0 Å². The van der Waals surface area contributed by atoms with E-state index >= 15 is 0 Å². The fourth-order valence-corrected chi connectivity index (χ4v) is 6.92. The van der Waals surface area contributed by atoms with E-state index in [1.807, 2.05) is 0 Å². The molecule has 3 aromatic heterocycles. The van der Waals surface area contributed by atoms with Crippen LogP contribution in [0.25, 0.3) is 44.4 Å². The van der Waals surface area contributed by atoms with Gasteiger partial charge in [0.2, 0.25) is 0 Å². The van der Waals surface area contributed by atoms with Crippen molar-refractivity contribution in [3.8, 4) is 0 Å². The third-order valence-electron chi connectivity index (χ3n) is 8.82. The van der Waals surface area contributed by atoms with Gasteiger partial charge in [-0.05, 0) is 73.7 Å². The molecule has 0 saturated carbocycles. The molecule has 8 bridgehead atoms. The normalized spacial score (nSPS) is 12.6. The first-order valence-corrected chi connectivity index (χ1v) is 16.5. The Hall–Kier alpha value is -3.41. The molecule has 7 heteroatoms. The van der Waals surface area contributed by atoms with Crippen LogP contribution in [0.4, 0.5) is 0 Å². The van der Waals surface area contributed by atoms with Crippen molar-refractivity contribution in [3.63, 3.8) is 0 Å². The molecule has 0 aliphatic carbocycles. The number of rotatable bonds is 8. The SMILES string of the molecule is CC(=O)O.CCC1=C(CC)c2cc3[n-]c(cc4nc(cc5[n-]c(cc1n2)c(CC)c5CC)C(CC)=C4CC)c(CC)c3CC.[Fe+2]. The van der Waals surface area contributed by atoms with E-state index in [1.165, 1.54) is 44.5 Å². The average Bonchev–Trinajstić information content (AvgIpc) is 3.71. The van der Waals surface area contributed by atoms with Crippen LogP contribution >= 0.6 is 0 Å². The van der Waals surface area contributed by atoms with Crippen LogP contribution in [0.1, 0.15) is 133 Å². The molecular weight excluding hydrogens is 600 g/mol. The zero-order valence-electron chi connectivity index (χ0n) is 28.5. The standard InChI is InChI=1S/C36H44N4.C2H4O2.Fe/c1-9-21-22(10-2)30-18-32-25(13-5)26(14-6)34(39-32)20-36-28(16-8)27(15-7)35(40-36)19-33-24(12-4)23(11-3)31(38-33)17-29(21)37-30;1-2(3)4;/h17-20H,9-16H2,1-8H3;1H3,(H,3,4);/q-2;;+2. The second-order valence-electron chi connectivity index (χ2n) is 11.3. The van der Waals surface area contributed by atoms with Crippen LogP contribution in [0.5, 0.6) is 0 Å². The van der Waals surface area contributed by atoms with E-state index in [9.17, 15) is 0 Å². The molecule has 2 aliphatic rings. The first kappa shape index (κ1) is 36.1. The Kier molecular flexibility index (Phi) is 12.6. The number of fused-ring (bicyclic) bond motifs is 8. The number of hydrogen-bond donors (Lipinski definition) is 1. The number of allylic oxidation sites excluding steroid dienone is 4. The Morgan fingerprint density at radius 1 is 0.511 bits per heavy atom. The first-order valence-electron chi connectivity index (χ1n) is 16.5. The van der Waals surface area contributed by atoms with Crippen LogP contribution in [0.2, 0.25) is 0 Å². The Morgan fingerprint density at radius 3 is 0.867 bits per heavy atom. The van der Waals surface area contributed by atoms with Crippen molar-refractivity contribution >= 4 is 50.3 Å². The van der Waals surface area contributed by atoms with Crippen LogP contribution < -0.4 is 9.97 Å². The van der Waals surface area contributed by atoms with Gasteiger partial charge < -0.3 is 15.1 Å². The van der Waals surface area contributed by atoms with Gasteiger partial charge in [0.25, 0.3) is 5.97 Å². The average molecular weight is 649 g/mol. The molecule has 2 aliphatic heterocycles. The maximum Gasteiger partial charge on any atom is 2.00 e. The van der Waals surface area contributed by atoms with Gasteiger partial charge >= 0.3 is 17.1 Å². The molecule has 0 aromatic carbocycles. The molecule has 3 aromatic rings. The Morgan fingerprint density at radius 2 is 0.711 bits per heavy atom. The summed E-state index contributed by atoms with van der Waals surface area (Å²) in [6, 6.07) is 8.98. The number of hydrogen-bond acceptors (Lipinski definition) is 3. The summed E-state index contributed by atoms with van der Waals surface area (Å²) in [5.41, 5.74) is 19.1. The topological polar surface area (TPSA) is 91.3 Å². The number of aryl methyl sites for hydroxylation is 4. The number of nitrogens with zero attached hydrogens (tertiary/aromatic N) is 4. The monoisotopic (exact) mass is 648 g/mol. The number of carbonyl (C=O) groups is 1. The van der Waals surface area contributed by atoms with Gasteiger partial charge in [0.05, 0.1) is 22.8 Å². The predicted molar refractivity (Wildman–Crippen MR) is 185 cm³/mol. The summed E-state index contributed by atoms with van der Waals surface area (Å²) >= 11 is 0. The molecule has 45 heavy (non-hydrogen) atoms. The molecule has 0 spiro atoms. The summed E-state index contributed by atoms with van der Waals surface area (Å²) in [6.07, 6.45) is 7.60. The summed E-state index contributed by atoms with van der Waals surface area (Å²) in [5, 5.41) is 7.42. The minimum Gasteiger partial charge on any atom is -0.657 e. The minimum absolute atomic E-state index is 0. The molecule has 1 N–H and O–H groups in total. The van der Waals surface area contributed by atoms with Crippen LogP contribution in [0.15, 0.2) is 24.3 Å². The van der Waals surface area contributed by atoms with Gasteiger partial charge in [0, 0.05) is 6.92 Å². The molecule has 0 atom stereocenters. The molecule has 0 amide bonds. The van der Waals surface area contributed by atoms with Gasteiger partial charge in [0.1, 0.15) is 0 Å². The summed E-state index contributed by atoms with van der Waals surface area (Å²) in [6.45, 7) is 19.0. The second kappa shape index (κ2) is 15.7. The van der Waals surface area contributed by atoms with Crippen molar-refractivity contribution in [2.24, 2.45) is 0 Å². The molecule has 0 unspecified atom stereocenters. The van der Waals surface area contributed by atoms with E-state index in [4.69, 9.17) is 29.8 Å². The van der Waals surface area contributed by atoms with Gasteiger partial charge in [-0.25, -0.2) is 9.97 Å². The minimum atomic E-state index is -0.833. The molecule has 6 nitrogen and oxygen atoms in total. The summed E-state index contributed by atoms with van der Waals surface area (Å²) in [7, 11) is 0. The zero-order chi connectivity index (χ0) is 32.1. The Bertz CT molecular complexity index is 1550. The molecule has 5 rings (SSSR count). The van der Waals surface area contributed by atoms with E-state index in [1.54, 1.807) is 0 Å². The fraction of sp³-hybridized carbons (Fsp3) is 0.447. The summed E-state index contributed by atoms with van der Waals surface area (Å²) < 4.78 is 0. The van der Waals surface area contributed by atoms with Crippen molar-refractivity contribution < 1.29 is 27.0 Å². The van der Waals surface area contributed by atoms with Crippen molar-refractivity contribution in [2.45, 2.75) is 114 Å². The van der Waals surface area contributed by atoms with Crippen LogP contribution in [-0.4, -0.2) is 21.0 Å². The van der Waals surface area contributed by atoms with Crippen molar-refractivity contribution in [2.75, 3.05) is 0 Å². The van der Waals surface area contributed by atoms with E-state index < -0.39 is 5.97 Å². The van der Waals surface area contributed by atoms with E-state index in [-0.39, 0.29) is 17.1 Å². The Labute approximate surface area is 279 Å². The zero-order valence-corrected chi connectivity index (χ0v) is 29.6. The molecule has 0 radical (unpaired) electrons. The first-order chi connectivity index (χ1) is 21.2. The number of aromatic nitrogens is 4. The van der Waals surface area contributed by atoms with Gasteiger partial charge in [-0.2, -0.15) is 0 Å². The summed E-state index contributed by atoms with van der Waals surface area (Å²) in [4.78, 5) is 30.0. The second-order valence-corrected chi connectivity index (χ2v) is 11.3. The van der Waals surface area contributed by atoms with Crippen molar-refractivity contribution in [1.29, 1.82) is 0 Å². The third kappa shape index (κ3) is 7.05. The van der Waals surface area contributed by atoms with Crippen molar-refractivity contribution in [3.05, 3.63) is 69.3 Å². The smallest absolute Gasteiger partial charge is 0.657 e. The predicted octanol–water partition coefficient (Wildman–Crippen LogP) is 9.37. The van der Waals surface area contributed by atoms with Gasteiger partial charge in [-0.1, -0.05) is 102 Å². The van der Waals surface area contributed by atoms with E-state index in [0.717, 1.165) is 103 Å². The van der Waals surface area contributed by atoms with Gasteiger partial charge in [-0.3, -0.25) is 4.79 Å². The third-order valence-corrected chi connectivity index (χ3v) is 8.82. The molecule has 240 valence electrons. The molecule has 0 saturated heterocycles.